The van der Waals surface area contributed by atoms with Crippen molar-refractivity contribution in [3.8, 4) is 0 Å². The Morgan fingerprint density at radius 2 is 2.20 bits per heavy atom. The molecule has 0 aromatic carbocycles. The molecular weight excluding hydrogens is 60.1 g/mol. The van der Waals surface area contributed by atoms with Gasteiger partial charge in [0.1, 0.15) is 0 Å². The predicted molar refractivity (Wildman–Crippen MR) is 23.0 cm³/mol. The monoisotopic (exact) mass is 68.1 g/mol. The number of hydrogen-bond acceptors (Lipinski definition) is 0. The molecule has 0 unspecified atom stereocenters. The highest BCUT2D eigenvalue weighted by molar-refractivity contribution is 5.14. The Morgan fingerprint density at radius 3 is 2.20 bits per heavy atom. The van der Waals surface area contributed by atoms with Crippen LogP contribution in [0, 0.1) is 0 Å². The van der Waals surface area contributed by atoms with Crippen LogP contribution in [0.2, 0.25) is 0 Å². The Kier molecular flexibility index (Phi) is 0.503. The van der Waals surface area contributed by atoms with Gasteiger partial charge in [-0.2, -0.15) is 0 Å². The van der Waals surface area contributed by atoms with E-state index in [0.717, 1.165) is 0 Å². The average Bonchev–Trinajstić information content (AvgIpc) is 2.12. The highest BCUT2D eigenvalue weighted by Crippen LogP contribution is 2.26. The zero-order chi connectivity index (χ0) is 3.70. The van der Waals surface area contributed by atoms with E-state index < -0.39 is 0 Å². The molecule has 0 saturated heterocycles. The minimum Gasteiger partial charge on any atom is -0.0884 e. The van der Waals surface area contributed by atoms with E-state index in [2.05, 4.69) is 13.0 Å². The first-order valence-electron chi connectivity index (χ1n) is 2.07. The summed E-state index contributed by atoms with van der Waals surface area (Å²) in [4.78, 5) is 0. The second-order valence-electron chi connectivity index (χ2n) is 1.45. The molecular formula is C5H8. The molecule has 1 saturated carbocycles. The normalized spacial score (nSPS) is 19.0. The van der Waals surface area contributed by atoms with Crippen molar-refractivity contribution in [2.45, 2.75) is 19.8 Å². The Morgan fingerprint density at radius 1 is 1.60 bits per heavy atom. The summed E-state index contributed by atoms with van der Waals surface area (Å²) in [5, 5.41) is 0. The third-order valence-corrected chi connectivity index (χ3v) is 0.947. The Labute approximate surface area is 32.5 Å². The van der Waals surface area contributed by atoms with E-state index in [4.69, 9.17) is 0 Å². The lowest BCUT2D eigenvalue weighted by Crippen LogP contribution is -1.31. The predicted octanol–water partition coefficient (Wildman–Crippen LogP) is 1.73. The SMILES string of the molecule is CC=C1CC1. The summed E-state index contributed by atoms with van der Waals surface area (Å²) in [6.07, 6.45) is 4.94. The first-order chi connectivity index (χ1) is 2.43. The average molecular weight is 68.1 g/mol. The van der Waals surface area contributed by atoms with Crippen molar-refractivity contribution in [3.05, 3.63) is 11.6 Å². The Hall–Kier alpha value is -0.260. The van der Waals surface area contributed by atoms with E-state index in [1.807, 2.05) is 0 Å². The molecule has 0 bridgehead atoms. The summed E-state index contributed by atoms with van der Waals surface area (Å²) in [6.45, 7) is 2.10. The van der Waals surface area contributed by atoms with Crippen LogP contribution in [-0.4, -0.2) is 0 Å². The lowest BCUT2D eigenvalue weighted by Gasteiger charge is -1.53. The highest BCUT2D eigenvalue weighted by Gasteiger charge is 2.06. The van der Waals surface area contributed by atoms with Crippen molar-refractivity contribution in [2.24, 2.45) is 0 Å². The van der Waals surface area contributed by atoms with E-state index in [0.29, 0.717) is 0 Å². The quantitative estimate of drug-likeness (QED) is 0.379. The van der Waals surface area contributed by atoms with Crippen LogP contribution >= 0.6 is 0 Å². The van der Waals surface area contributed by atoms with Crippen molar-refractivity contribution in [3.63, 3.8) is 0 Å². The molecule has 0 aliphatic heterocycles. The summed E-state index contributed by atoms with van der Waals surface area (Å²) >= 11 is 0. The molecule has 1 aliphatic carbocycles. The minimum atomic E-state index is 1.37. The van der Waals surface area contributed by atoms with Gasteiger partial charge in [0.05, 0.1) is 0 Å². The maximum Gasteiger partial charge on any atom is -0.0283 e. The second-order valence-corrected chi connectivity index (χ2v) is 1.45. The second kappa shape index (κ2) is 0.852. The third-order valence-electron chi connectivity index (χ3n) is 0.947. The van der Waals surface area contributed by atoms with Crippen molar-refractivity contribution in [2.75, 3.05) is 0 Å². The summed E-state index contributed by atoms with van der Waals surface area (Å²) < 4.78 is 0. The van der Waals surface area contributed by atoms with Crippen LogP contribution < -0.4 is 0 Å². The Balaban J connectivity index is 2.46. The van der Waals surface area contributed by atoms with Gasteiger partial charge in [-0.1, -0.05) is 11.6 Å². The van der Waals surface area contributed by atoms with Crippen LogP contribution in [0.25, 0.3) is 0 Å². The molecule has 0 radical (unpaired) electrons. The van der Waals surface area contributed by atoms with Crippen LogP contribution in [0.5, 0.6) is 0 Å². The van der Waals surface area contributed by atoms with E-state index in [1.165, 1.54) is 12.8 Å². The van der Waals surface area contributed by atoms with Gasteiger partial charge in [-0.25, -0.2) is 0 Å². The topological polar surface area (TPSA) is 0 Å². The fourth-order valence-electron chi connectivity index (χ4n) is 0.361. The van der Waals surface area contributed by atoms with Gasteiger partial charge in [0.2, 0.25) is 0 Å². The van der Waals surface area contributed by atoms with Gasteiger partial charge in [0.25, 0.3) is 0 Å². The van der Waals surface area contributed by atoms with E-state index in [9.17, 15) is 0 Å². The van der Waals surface area contributed by atoms with Crippen molar-refractivity contribution in [1.82, 2.24) is 0 Å². The zero-order valence-corrected chi connectivity index (χ0v) is 3.49. The Bertz CT molecular complexity index is 54.4. The fourth-order valence-corrected chi connectivity index (χ4v) is 0.361. The fraction of sp³-hybridized carbons (Fsp3) is 0.600. The van der Waals surface area contributed by atoms with Gasteiger partial charge in [-0.15, -0.1) is 0 Å². The van der Waals surface area contributed by atoms with Crippen LogP contribution in [0.1, 0.15) is 19.8 Å². The third kappa shape index (κ3) is 0.504. The molecule has 0 aromatic heterocycles. The van der Waals surface area contributed by atoms with Gasteiger partial charge in [-0.05, 0) is 19.8 Å². The maximum absolute atomic E-state index is 2.19. The zero-order valence-electron chi connectivity index (χ0n) is 3.49. The van der Waals surface area contributed by atoms with E-state index in [-0.39, 0.29) is 0 Å². The molecule has 0 amide bonds. The lowest BCUT2D eigenvalue weighted by molar-refractivity contribution is 1.50. The molecule has 5 heavy (non-hydrogen) atoms. The van der Waals surface area contributed by atoms with Crippen LogP contribution in [-0.2, 0) is 0 Å². The lowest BCUT2D eigenvalue weighted by atomic mass is 10.6. The molecule has 0 atom stereocenters. The summed E-state index contributed by atoms with van der Waals surface area (Å²) in [5.41, 5.74) is 1.63. The van der Waals surface area contributed by atoms with Gasteiger partial charge in [0.15, 0.2) is 0 Å². The standard InChI is InChI=1S/C5H8/c1-2-5-3-4-5/h2H,3-4H2,1H3. The van der Waals surface area contributed by atoms with Gasteiger partial charge in [-0.3, -0.25) is 0 Å². The molecule has 28 valence electrons. The maximum atomic E-state index is 2.19. The number of rotatable bonds is 0. The smallest absolute Gasteiger partial charge is 0.0283 e. The molecule has 0 aromatic rings. The summed E-state index contributed by atoms with van der Waals surface area (Å²) in [5.74, 6) is 0. The van der Waals surface area contributed by atoms with Crippen LogP contribution in [0.15, 0.2) is 11.6 Å². The van der Waals surface area contributed by atoms with Crippen molar-refractivity contribution in [1.29, 1.82) is 0 Å². The van der Waals surface area contributed by atoms with Gasteiger partial charge in [0, 0.05) is 0 Å². The molecule has 0 heterocycles. The van der Waals surface area contributed by atoms with Crippen LogP contribution in [0.4, 0.5) is 0 Å². The molecule has 0 spiro atoms. The van der Waals surface area contributed by atoms with Crippen LogP contribution in [0.3, 0.4) is 0 Å². The van der Waals surface area contributed by atoms with Gasteiger partial charge >= 0.3 is 0 Å². The molecule has 1 aliphatic rings. The molecule has 0 heteroatoms. The number of hydrogen-bond donors (Lipinski definition) is 0. The highest BCUT2D eigenvalue weighted by atomic mass is 14.1. The molecule has 0 nitrogen and oxygen atoms in total. The largest absolute Gasteiger partial charge is 0.0884 e. The number of allylic oxidation sites excluding steroid dienone is 2. The van der Waals surface area contributed by atoms with E-state index >= 15 is 0 Å². The molecule has 1 rings (SSSR count). The molecule has 1 fully saturated rings. The first kappa shape index (κ1) is 2.95. The van der Waals surface area contributed by atoms with Gasteiger partial charge < -0.3 is 0 Å². The van der Waals surface area contributed by atoms with Crippen molar-refractivity contribution < 1.29 is 0 Å². The first-order valence-corrected chi connectivity index (χ1v) is 2.07. The van der Waals surface area contributed by atoms with Crippen molar-refractivity contribution >= 4 is 0 Å². The summed E-state index contributed by atoms with van der Waals surface area (Å²) in [7, 11) is 0. The minimum absolute atomic E-state index is 1.37. The molecule has 0 N–H and O–H groups in total. The summed E-state index contributed by atoms with van der Waals surface area (Å²) in [6, 6.07) is 0. The van der Waals surface area contributed by atoms with E-state index in [1.54, 1.807) is 5.57 Å².